The third-order valence-corrected chi connectivity index (χ3v) is 2.80. The quantitative estimate of drug-likeness (QED) is 0.701. The molecule has 0 amide bonds. The van der Waals surface area contributed by atoms with Crippen molar-refractivity contribution in [3.63, 3.8) is 0 Å². The number of aliphatic imine (C=N–C) groups is 1. The number of hydrogen-bond acceptors (Lipinski definition) is 1. The summed E-state index contributed by atoms with van der Waals surface area (Å²) in [6, 6.07) is 3.81. The van der Waals surface area contributed by atoms with Crippen molar-refractivity contribution < 1.29 is 0 Å². The molecule has 1 aromatic carbocycles. The molecule has 3 heteroatoms. The minimum atomic E-state index is 0.475. The van der Waals surface area contributed by atoms with Crippen molar-refractivity contribution in [1.82, 2.24) is 0 Å². The van der Waals surface area contributed by atoms with Gasteiger partial charge in [-0.1, -0.05) is 34.1 Å². The van der Waals surface area contributed by atoms with Crippen LogP contribution < -0.4 is 0 Å². The maximum absolute atomic E-state index is 5.81. The number of halogens is 2. The largest absolute Gasteiger partial charge is 0.264 e. The van der Waals surface area contributed by atoms with Gasteiger partial charge in [-0.05, 0) is 31.3 Å². The van der Waals surface area contributed by atoms with Crippen molar-refractivity contribution in [2.45, 2.75) is 6.92 Å². The van der Waals surface area contributed by atoms with E-state index in [2.05, 4.69) is 34.2 Å². The normalized spacial score (nSPS) is 9.77. The summed E-state index contributed by atoms with van der Waals surface area (Å²) in [5, 5.41) is 0.475. The smallest absolute Gasteiger partial charge is 0.0712 e. The van der Waals surface area contributed by atoms with Gasteiger partial charge in [0.05, 0.1) is 5.69 Å². The third kappa shape index (κ3) is 2.20. The van der Waals surface area contributed by atoms with Crippen LogP contribution in [0, 0.1) is 6.92 Å². The molecule has 0 heterocycles. The summed E-state index contributed by atoms with van der Waals surface area (Å²) in [5.74, 6) is 0. The van der Waals surface area contributed by atoms with E-state index >= 15 is 0 Å². The molecule has 0 aliphatic rings. The van der Waals surface area contributed by atoms with Crippen LogP contribution in [-0.4, -0.2) is 6.72 Å². The summed E-state index contributed by atoms with van der Waals surface area (Å²) >= 11 is 9.22. The molecule has 1 rings (SSSR count). The maximum atomic E-state index is 5.81. The lowest BCUT2D eigenvalue weighted by molar-refractivity contribution is 1.39. The highest BCUT2D eigenvalue weighted by molar-refractivity contribution is 9.10. The van der Waals surface area contributed by atoms with E-state index in [0.717, 1.165) is 21.3 Å². The van der Waals surface area contributed by atoms with Gasteiger partial charge in [0.1, 0.15) is 0 Å². The molecule has 13 heavy (non-hydrogen) atoms. The van der Waals surface area contributed by atoms with Crippen LogP contribution >= 0.6 is 27.5 Å². The highest BCUT2D eigenvalue weighted by Gasteiger charge is 2.06. The lowest BCUT2D eigenvalue weighted by Gasteiger charge is -2.06. The molecule has 1 aromatic rings. The van der Waals surface area contributed by atoms with Crippen LogP contribution in [0.4, 0.5) is 5.69 Å². The van der Waals surface area contributed by atoms with Crippen molar-refractivity contribution in [2.24, 2.45) is 4.99 Å². The summed E-state index contributed by atoms with van der Waals surface area (Å²) in [6.07, 6.45) is 0. The average molecular weight is 259 g/mol. The Balaban J connectivity index is 3.41. The van der Waals surface area contributed by atoms with Gasteiger partial charge in [-0.15, -0.1) is 0 Å². The van der Waals surface area contributed by atoms with Crippen LogP contribution in [-0.2, 0) is 0 Å². The first-order valence-electron chi connectivity index (χ1n) is 3.68. The zero-order chi connectivity index (χ0) is 10.0. The summed E-state index contributed by atoms with van der Waals surface area (Å²) in [6.45, 7) is 9.13. The van der Waals surface area contributed by atoms with Crippen LogP contribution in [0.3, 0.4) is 0 Å². The predicted octanol–water partition coefficient (Wildman–Crippen LogP) is 4.30. The predicted molar refractivity (Wildman–Crippen MR) is 63.0 cm³/mol. The number of hydrogen-bond donors (Lipinski definition) is 0. The van der Waals surface area contributed by atoms with Crippen molar-refractivity contribution in [3.8, 4) is 0 Å². The van der Waals surface area contributed by atoms with Crippen LogP contribution in [0.25, 0.3) is 5.03 Å². The second-order valence-corrected chi connectivity index (χ2v) is 3.99. The van der Waals surface area contributed by atoms with E-state index in [-0.39, 0.29) is 0 Å². The topological polar surface area (TPSA) is 12.4 Å². The van der Waals surface area contributed by atoms with E-state index in [9.17, 15) is 0 Å². The van der Waals surface area contributed by atoms with Crippen LogP contribution in [0.15, 0.2) is 28.2 Å². The zero-order valence-electron chi connectivity index (χ0n) is 7.27. The van der Waals surface area contributed by atoms with Crippen LogP contribution in [0.2, 0.25) is 0 Å². The molecule has 0 aromatic heterocycles. The Kier molecular flexibility index (Phi) is 3.28. The molecule has 0 radical (unpaired) electrons. The van der Waals surface area contributed by atoms with Gasteiger partial charge in [0.2, 0.25) is 0 Å². The minimum Gasteiger partial charge on any atom is -0.264 e. The SMILES string of the molecule is C=Nc1cc(C)c(Br)cc1C(=C)Cl. The molecule has 0 saturated heterocycles. The van der Waals surface area contributed by atoms with Gasteiger partial charge in [0.25, 0.3) is 0 Å². The van der Waals surface area contributed by atoms with E-state index < -0.39 is 0 Å². The second kappa shape index (κ2) is 4.07. The Hall–Kier alpha value is -0.600. The van der Waals surface area contributed by atoms with Gasteiger partial charge in [-0.2, -0.15) is 0 Å². The molecule has 0 fully saturated rings. The molecular weight excluding hydrogens is 249 g/mol. The lowest BCUT2D eigenvalue weighted by Crippen LogP contribution is -1.82. The average Bonchev–Trinajstić information content (AvgIpc) is 2.08. The number of nitrogens with zero attached hydrogens (tertiary/aromatic N) is 1. The Bertz CT molecular complexity index is 371. The Morgan fingerprint density at radius 2 is 2.15 bits per heavy atom. The van der Waals surface area contributed by atoms with E-state index in [1.165, 1.54) is 0 Å². The molecule has 0 aliphatic carbocycles. The summed E-state index contributed by atoms with van der Waals surface area (Å²) in [4.78, 5) is 3.88. The zero-order valence-corrected chi connectivity index (χ0v) is 9.61. The Morgan fingerprint density at radius 1 is 1.54 bits per heavy atom. The maximum Gasteiger partial charge on any atom is 0.0712 e. The van der Waals surface area contributed by atoms with Crippen molar-refractivity contribution in [3.05, 3.63) is 34.3 Å². The molecule has 0 spiro atoms. The molecule has 0 aliphatic heterocycles. The summed E-state index contributed by atoms with van der Waals surface area (Å²) in [5.41, 5.74) is 2.68. The second-order valence-electron chi connectivity index (χ2n) is 2.68. The van der Waals surface area contributed by atoms with E-state index in [1.54, 1.807) is 0 Å². The Morgan fingerprint density at radius 3 is 2.62 bits per heavy atom. The first kappa shape index (κ1) is 10.5. The molecule has 0 bridgehead atoms. The van der Waals surface area contributed by atoms with Crippen molar-refractivity contribution >= 4 is 45.0 Å². The first-order chi connectivity index (χ1) is 6.06. The monoisotopic (exact) mass is 257 g/mol. The van der Waals surface area contributed by atoms with Crippen LogP contribution in [0.5, 0.6) is 0 Å². The standard InChI is InChI=1S/C10H9BrClN/c1-6-4-10(13-3)8(7(2)12)5-9(6)11/h4-5H,2-3H2,1H3. The molecule has 0 saturated carbocycles. The molecule has 0 unspecified atom stereocenters. The van der Waals surface area contributed by atoms with Gasteiger partial charge >= 0.3 is 0 Å². The molecule has 68 valence electrons. The number of benzene rings is 1. The van der Waals surface area contributed by atoms with E-state index in [1.807, 2.05) is 19.1 Å². The third-order valence-electron chi connectivity index (χ3n) is 1.74. The van der Waals surface area contributed by atoms with Gasteiger partial charge in [0.15, 0.2) is 0 Å². The van der Waals surface area contributed by atoms with Gasteiger partial charge in [-0.3, -0.25) is 4.99 Å². The Labute approximate surface area is 91.3 Å². The summed E-state index contributed by atoms with van der Waals surface area (Å²) < 4.78 is 0.997. The van der Waals surface area contributed by atoms with Gasteiger partial charge in [0, 0.05) is 15.1 Å². The minimum absolute atomic E-state index is 0.475. The van der Waals surface area contributed by atoms with E-state index in [0.29, 0.717) is 5.03 Å². The van der Waals surface area contributed by atoms with Crippen molar-refractivity contribution in [1.29, 1.82) is 0 Å². The molecule has 1 nitrogen and oxygen atoms in total. The van der Waals surface area contributed by atoms with Crippen LogP contribution in [0.1, 0.15) is 11.1 Å². The fourth-order valence-electron chi connectivity index (χ4n) is 1.01. The highest BCUT2D eigenvalue weighted by Crippen LogP contribution is 2.32. The van der Waals surface area contributed by atoms with Gasteiger partial charge < -0.3 is 0 Å². The fraction of sp³-hybridized carbons (Fsp3) is 0.100. The van der Waals surface area contributed by atoms with Crippen molar-refractivity contribution in [2.75, 3.05) is 0 Å². The lowest BCUT2D eigenvalue weighted by atomic mass is 10.1. The number of aryl methyl sites for hydroxylation is 1. The van der Waals surface area contributed by atoms with E-state index in [4.69, 9.17) is 11.6 Å². The summed E-state index contributed by atoms with van der Waals surface area (Å²) in [7, 11) is 0. The van der Waals surface area contributed by atoms with Gasteiger partial charge in [-0.25, -0.2) is 0 Å². The first-order valence-corrected chi connectivity index (χ1v) is 4.85. The molecular formula is C10H9BrClN. The molecule has 0 N–H and O–H groups in total. The number of rotatable bonds is 2. The highest BCUT2D eigenvalue weighted by atomic mass is 79.9. The molecule has 0 atom stereocenters. The fourth-order valence-corrected chi connectivity index (χ4v) is 1.51.